The quantitative estimate of drug-likeness (QED) is 0.0150. The van der Waals surface area contributed by atoms with Crippen LogP contribution in [0.4, 0.5) is 0 Å². The zero-order valence-electron chi connectivity index (χ0n) is 42.0. The van der Waals surface area contributed by atoms with Crippen molar-refractivity contribution in [3.8, 4) is 0 Å². The van der Waals surface area contributed by atoms with Crippen molar-refractivity contribution in [3.05, 3.63) is 85.1 Å². The molecule has 0 aliphatic carbocycles. The molecule has 0 aromatic carbocycles. The Hall–Kier alpha value is -3.16. The molecule has 1 amide bonds. The van der Waals surface area contributed by atoms with E-state index in [4.69, 9.17) is 14.2 Å². The summed E-state index contributed by atoms with van der Waals surface area (Å²) in [6, 6.07) is -1.06. The number of hydrogen-bond donors (Lipinski definition) is 6. The number of esters is 1. The fourth-order valence-electron chi connectivity index (χ4n) is 7.65. The SMILES string of the molecule is CC/C=C/C=C/C=C\C=C/CCCCC(O)C(=O)NC(COC1OC(CO)C(O)C(O)C1OC(=O)CC/C=C/C/C=C\CCCCCCCC)C(O)/C=C/CCCCCCCCCCCCC. The van der Waals surface area contributed by atoms with Gasteiger partial charge in [0.1, 0.15) is 24.4 Å². The van der Waals surface area contributed by atoms with Crippen molar-refractivity contribution in [1.82, 2.24) is 5.32 Å². The molecule has 6 N–H and O–H groups in total. The Bertz CT molecular complexity index is 1410. The van der Waals surface area contributed by atoms with Gasteiger partial charge in [-0.1, -0.05) is 209 Å². The highest BCUT2D eigenvalue weighted by Gasteiger charge is 2.47. The van der Waals surface area contributed by atoms with Crippen LogP contribution in [0.1, 0.15) is 194 Å². The molecular weight excluding hydrogens is 847 g/mol. The molecule has 0 saturated carbocycles. The monoisotopic (exact) mass is 942 g/mol. The summed E-state index contributed by atoms with van der Waals surface area (Å²) in [5.74, 6) is -1.32. The van der Waals surface area contributed by atoms with Gasteiger partial charge in [-0.2, -0.15) is 0 Å². The van der Waals surface area contributed by atoms with Gasteiger partial charge < -0.3 is 45.1 Å². The van der Waals surface area contributed by atoms with E-state index >= 15 is 0 Å². The number of amides is 1. The lowest BCUT2D eigenvalue weighted by atomic mass is 9.99. The van der Waals surface area contributed by atoms with Crippen molar-refractivity contribution in [3.63, 3.8) is 0 Å². The third kappa shape index (κ3) is 33.1. The second-order valence-corrected chi connectivity index (χ2v) is 18.0. The van der Waals surface area contributed by atoms with Gasteiger partial charge in [0.25, 0.3) is 0 Å². The summed E-state index contributed by atoms with van der Waals surface area (Å²) in [5.41, 5.74) is 0. The van der Waals surface area contributed by atoms with E-state index in [0.29, 0.717) is 12.8 Å². The van der Waals surface area contributed by atoms with E-state index in [1.165, 1.54) is 89.9 Å². The van der Waals surface area contributed by atoms with Crippen LogP contribution >= 0.6 is 0 Å². The van der Waals surface area contributed by atoms with Gasteiger partial charge >= 0.3 is 5.97 Å². The van der Waals surface area contributed by atoms with Gasteiger partial charge in [-0.3, -0.25) is 9.59 Å². The number of ether oxygens (including phenoxy) is 3. The number of allylic oxidation sites excluding steroid dienone is 13. The number of carbonyl (C=O) groups excluding carboxylic acids is 2. The summed E-state index contributed by atoms with van der Waals surface area (Å²) < 4.78 is 17.4. The average molecular weight is 942 g/mol. The molecule has 0 bridgehead atoms. The minimum atomic E-state index is -1.65. The molecule has 1 rings (SSSR count). The Labute approximate surface area is 406 Å². The summed E-state index contributed by atoms with van der Waals surface area (Å²) >= 11 is 0. The van der Waals surface area contributed by atoms with Gasteiger partial charge in [0.2, 0.25) is 5.91 Å². The second-order valence-electron chi connectivity index (χ2n) is 18.0. The van der Waals surface area contributed by atoms with E-state index in [1.807, 2.05) is 60.8 Å². The van der Waals surface area contributed by atoms with Crippen LogP contribution in [0.3, 0.4) is 0 Å². The molecule has 0 aromatic heterocycles. The Morgan fingerprint density at radius 2 is 1.13 bits per heavy atom. The molecule has 1 aliphatic heterocycles. The maximum Gasteiger partial charge on any atom is 0.306 e. The van der Waals surface area contributed by atoms with Gasteiger partial charge in [0.15, 0.2) is 12.4 Å². The molecule has 0 spiro atoms. The molecule has 8 unspecified atom stereocenters. The van der Waals surface area contributed by atoms with Crippen molar-refractivity contribution >= 4 is 11.9 Å². The highest BCUT2D eigenvalue weighted by Crippen LogP contribution is 2.26. The van der Waals surface area contributed by atoms with Gasteiger partial charge in [-0.25, -0.2) is 0 Å². The third-order valence-corrected chi connectivity index (χ3v) is 11.9. The standard InChI is InChI=1S/C56H95NO10/c1-4-7-10-13-16-19-22-25-28-30-33-36-39-42-48(59)47(57-55(64)49(60)43-40-37-34-31-27-24-21-18-15-12-9-6-3)46-65-56-54(53(63)52(62)50(45-58)66-56)67-51(61)44-41-38-35-32-29-26-23-20-17-14-11-8-5-2/h9,12,15,18,21,24,26-27,29,31,35,38-39,42,47-50,52-54,56,58-60,62-63H,4-8,10-11,13-14,16-17,19-20,22-23,25,28,30,32-34,36-37,40-41,43-46H2,1-3H3,(H,57,64)/b12-9+,18-15+,24-21-,29-26-,31-27-,38-35+,42-39+. The lowest BCUT2D eigenvalue weighted by Crippen LogP contribution is -2.61. The van der Waals surface area contributed by atoms with Crippen LogP contribution in [0.15, 0.2) is 85.1 Å². The largest absolute Gasteiger partial charge is 0.454 e. The molecule has 0 aromatic rings. The average Bonchev–Trinajstić information content (AvgIpc) is 3.32. The molecule has 1 heterocycles. The Kier molecular flexibility index (Phi) is 40.7. The number of aliphatic hydroxyl groups excluding tert-OH is 5. The zero-order chi connectivity index (χ0) is 49.0. The molecular formula is C56H95NO10. The van der Waals surface area contributed by atoms with Gasteiger partial charge in [-0.15, -0.1) is 0 Å². The van der Waals surface area contributed by atoms with Crippen LogP contribution in [0.2, 0.25) is 0 Å². The van der Waals surface area contributed by atoms with Crippen LogP contribution in [0.5, 0.6) is 0 Å². The molecule has 384 valence electrons. The first kappa shape index (κ1) is 61.9. The van der Waals surface area contributed by atoms with Crippen molar-refractivity contribution in [2.45, 2.75) is 243 Å². The van der Waals surface area contributed by atoms with Crippen LogP contribution in [0.25, 0.3) is 0 Å². The third-order valence-electron chi connectivity index (χ3n) is 11.9. The van der Waals surface area contributed by atoms with Gasteiger partial charge in [0.05, 0.1) is 25.4 Å². The molecule has 67 heavy (non-hydrogen) atoms. The van der Waals surface area contributed by atoms with Gasteiger partial charge in [-0.05, 0) is 64.2 Å². The number of nitrogens with one attached hydrogen (secondary N) is 1. The number of rotatable bonds is 42. The van der Waals surface area contributed by atoms with Crippen molar-refractivity contribution in [2.75, 3.05) is 13.2 Å². The predicted molar refractivity (Wildman–Crippen MR) is 273 cm³/mol. The highest BCUT2D eigenvalue weighted by atomic mass is 16.7. The summed E-state index contributed by atoms with van der Waals surface area (Å²) in [7, 11) is 0. The van der Waals surface area contributed by atoms with E-state index < -0.39 is 67.4 Å². The van der Waals surface area contributed by atoms with Crippen molar-refractivity contribution < 1.29 is 49.3 Å². The zero-order valence-corrected chi connectivity index (χ0v) is 42.0. The molecule has 1 aliphatic rings. The van der Waals surface area contributed by atoms with Crippen LogP contribution in [0, 0.1) is 0 Å². The van der Waals surface area contributed by atoms with E-state index in [0.717, 1.165) is 57.8 Å². The smallest absolute Gasteiger partial charge is 0.306 e. The summed E-state index contributed by atoms with van der Waals surface area (Å²) in [6.45, 7) is 5.54. The number of unbranched alkanes of at least 4 members (excludes halogenated alkanes) is 19. The first-order valence-electron chi connectivity index (χ1n) is 26.4. The molecule has 8 atom stereocenters. The lowest BCUT2D eigenvalue weighted by Gasteiger charge is -2.41. The second kappa shape index (κ2) is 44.1. The minimum absolute atomic E-state index is 0.00871. The topological polar surface area (TPSA) is 175 Å². The Morgan fingerprint density at radius 1 is 0.612 bits per heavy atom. The first-order chi connectivity index (χ1) is 32.7. The van der Waals surface area contributed by atoms with E-state index in [-0.39, 0.29) is 19.4 Å². The molecule has 1 fully saturated rings. The number of carbonyl (C=O) groups is 2. The van der Waals surface area contributed by atoms with Crippen LogP contribution in [-0.2, 0) is 23.8 Å². The van der Waals surface area contributed by atoms with E-state index in [1.54, 1.807) is 6.08 Å². The maximum atomic E-state index is 13.3. The normalized spacial score (nSPS) is 20.7. The molecule has 11 nitrogen and oxygen atoms in total. The summed E-state index contributed by atoms with van der Waals surface area (Å²) in [4.78, 5) is 26.3. The number of hydrogen-bond acceptors (Lipinski definition) is 10. The number of aliphatic hydroxyl groups is 5. The van der Waals surface area contributed by atoms with Crippen molar-refractivity contribution in [2.24, 2.45) is 0 Å². The predicted octanol–water partition coefficient (Wildman–Crippen LogP) is 11.0. The molecule has 1 saturated heterocycles. The van der Waals surface area contributed by atoms with Crippen molar-refractivity contribution in [1.29, 1.82) is 0 Å². The maximum absolute atomic E-state index is 13.3. The fourth-order valence-corrected chi connectivity index (χ4v) is 7.65. The minimum Gasteiger partial charge on any atom is -0.454 e. The van der Waals surface area contributed by atoms with E-state index in [2.05, 4.69) is 44.3 Å². The lowest BCUT2D eigenvalue weighted by molar-refractivity contribution is -0.305. The first-order valence-corrected chi connectivity index (χ1v) is 26.4. The van der Waals surface area contributed by atoms with Crippen LogP contribution < -0.4 is 5.32 Å². The fraction of sp³-hybridized carbons (Fsp3) is 0.714. The van der Waals surface area contributed by atoms with Gasteiger partial charge in [0, 0.05) is 6.42 Å². The molecule has 11 heteroatoms. The Balaban J connectivity index is 2.86. The summed E-state index contributed by atoms with van der Waals surface area (Å²) in [5, 5.41) is 56.5. The molecule has 0 radical (unpaired) electrons. The highest BCUT2D eigenvalue weighted by molar-refractivity contribution is 5.80. The summed E-state index contributed by atoms with van der Waals surface area (Å²) in [6.07, 6.45) is 45.1. The van der Waals surface area contributed by atoms with Crippen LogP contribution in [-0.4, -0.2) is 99.6 Å². The van der Waals surface area contributed by atoms with E-state index in [9.17, 15) is 35.1 Å². The Morgan fingerprint density at radius 3 is 1.73 bits per heavy atom.